The Morgan fingerprint density at radius 3 is 2.84 bits per heavy atom. The molecule has 1 aromatic carbocycles. The normalized spacial score (nSPS) is 12.9. The monoisotopic (exact) mass is 339 g/mol. The summed E-state index contributed by atoms with van der Waals surface area (Å²) in [6.07, 6.45) is 5.64. The maximum absolute atomic E-state index is 12.2. The second kappa shape index (κ2) is 7.79. The lowest BCUT2D eigenvalue weighted by atomic mass is 10.0. The fourth-order valence-electron chi connectivity index (χ4n) is 2.73. The molecule has 2 heterocycles. The predicted molar refractivity (Wildman–Crippen MR) is 95.8 cm³/mol. The molecule has 1 aromatic heterocycles. The zero-order valence-electron chi connectivity index (χ0n) is 14.2. The van der Waals surface area contributed by atoms with Crippen molar-refractivity contribution in [2.24, 2.45) is 0 Å². The van der Waals surface area contributed by atoms with Gasteiger partial charge in [0.05, 0.1) is 6.61 Å². The number of aromatic nitrogens is 1. The Bertz CT molecular complexity index is 762. The van der Waals surface area contributed by atoms with Gasteiger partial charge in [0.25, 0.3) is 0 Å². The maximum atomic E-state index is 12.2. The summed E-state index contributed by atoms with van der Waals surface area (Å²) in [7, 11) is 1.75. The number of nitrogens with zero attached hydrogens (tertiary/aromatic N) is 2. The minimum absolute atomic E-state index is 0.0347. The van der Waals surface area contributed by atoms with E-state index in [0.717, 1.165) is 23.4 Å². The van der Waals surface area contributed by atoms with E-state index < -0.39 is 0 Å². The van der Waals surface area contributed by atoms with Crippen LogP contribution < -0.4 is 15.0 Å². The number of anilines is 2. The topological polar surface area (TPSA) is 71.5 Å². The second-order valence-corrected chi connectivity index (χ2v) is 5.98. The van der Waals surface area contributed by atoms with Crippen molar-refractivity contribution in [3.63, 3.8) is 0 Å². The van der Waals surface area contributed by atoms with Crippen LogP contribution in [0, 0.1) is 0 Å². The molecular weight excluding hydrogens is 318 g/mol. The molecule has 6 nitrogen and oxygen atoms in total. The lowest BCUT2D eigenvalue weighted by molar-refractivity contribution is -0.118. The number of carbonyl (C=O) groups is 2. The van der Waals surface area contributed by atoms with Gasteiger partial charge in [0.15, 0.2) is 0 Å². The molecule has 0 unspecified atom stereocenters. The molecular formula is C19H21N3O3. The Kier molecular flexibility index (Phi) is 5.28. The predicted octanol–water partition coefficient (Wildman–Crippen LogP) is 2.79. The molecule has 1 aliphatic rings. The van der Waals surface area contributed by atoms with Gasteiger partial charge in [-0.15, -0.1) is 0 Å². The van der Waals surface area contributed by atoms with Crippen molar-refractivity contribution in [1.82, 2.24) is 4.98 Å². The van der Waals surface area contributed by atoms with Crippen LogP contribution in [0.5, 0.6) is 5.75 Å². The van der Waals surface area contributed by atoms with Crippen molar-refractivity contribution >= 4 is 23.2 Å². The first-order valence-electron chi connectivity index (χ1n) is 8.35. The highest BCUT2D eigenvalue weighted by molar-refractivity contribution is 5.94. The molecule has 6 heteroatoms. The number of amides is 2. The Hall–Kier alpha value is -2.89. The average molecular weight is 339 g/mol. The number of rotatable bonds is 6. The summed E-state index contributed by atoms with van der Waals surface area (Å²) in [6, 6.07) is 9.33. The van der Waals surface area contributed by atoms with E-state index in [9.17, 15) is 9.59 Å². The van der Waals surface area contributed by atoms with Crippen molar-refractivity contribution in [1.29, 1.82) is 0 Å². The van der Waals surface area contributed by atoms with Crippen LogP contribution in [-0.2, 0) is 16.0 Å². The summed E-state index contributed by atoms with van der Waals surface area (Å²) in [5, 5.41) is 2.86. The summed E-state index contributed by atoms with van der Waals surface area (Å²) >= 11 is 0. The fraction of sp³-hybridized carbons (Fsp3) is 0.316. The summed E-state index contributed by atoms with van der Waals surface area (Å²) in [6.45, 7) is 0.447. The van der Waals surface area contributed by atoms with Crippen LogP contribution in [0.25, 0.3) is 0 Å². The molecule has 0 atom stereocenters. The molecule has 0 saturated heterocycles. The fourth-order valence-corrected chi connectivity index (χ4v) is 2.73. The van der Waals surface area contributed by atoms with Gasteiger partial charge < -0.3 is 15.0 Å². The van der Waals surface area contributed by atoms with Gasteiger partial charge in [0, 0.05) is 49.7 Å². The third kappa shape index (κ3) is 4.35. The standard InChI is InChI=1S/C19H21N3O3/c1-22(15-8-10-20-11-9-15)19(24)3-2-12-25-16-6-4-14-5-7-18(23)21-17(14)13-16/h4,6,8-11,13H,2-3,5,7,12H2,1H3,(H,21,23). The number of benzene rings is 1. The first kappa shape index (κ1) is 17.0. The summed E-state index contributed by atoms with van der Waals surface area (Å²) in [5.41, 5.74) is 2.77. The maximum Gasteiger partial charge on any atom is 0.226 e. The van der Waals surface area contributed by atoms with E-state index in [-0.39, 0.29) is 11.8 Å². The molecule has 0 radical (unpaired) electrons. The van der Waals surface area contributed by atoms with Gasteiger partial charge in [-0.3, -0.25) is 14.6 Å². The molecule has 2 amide bonds. The van der Waals surface area contributed by atoms with E-state index >= 15 is 0 Å². The lowest BCUT2D eigenvalue weighted by Crippen LogP contribution is -2.26. The largest absolute Gasteiger partial charge is 0.494 e. The molecule has 2 aromatic rings. The van der Waals surface area contributed by atoms with Gasteiger partial charge in [0.2, 0.25) is 11.8 Å². The number of carbonyl (C=O) groups excluding carboxylic acids is 2. The Balaban J connectivity index is 1.46. The zero-order chi connectivity index (χ0) is 17.6. The van der Waals surface area contributed by atoms with E-state index in [1.807, 2.05) is 18.2 Å². The molecule has 1 N–H and O–H groups in total. The number of aryl methyl sites for hydroxylation is 1. The molecule has 25 heavy (non-hydrogen) atoms. The van der Waals surface area contributed by atoms with Gasteiger partial charge in [-0.2, -0.15) is 0 Å². The first-order chi connectivity index (χ1) is 12.1. The van der Waals surface area contributed by atoms with Crippen LogP contribution in [0.2, 0.25) is 0 Å². The summed E-state index contributed by atoms with van der Waals surface area (Å²) in [5.74, 6) is 0.776. The van der Waals surface area contributed by atoms with E-state index in [1.165, 1.54) is 0 Å². The van der Waals surface area contributed by atoms with Crippen molar-refractivity contribution in [2.75, 3.05) is 23.9 Å². The van der Waals surface area contributed by atoms with Crippen LogP contribution in [0.3, 0.4) is 0 Å². The van der Waals surface area contributed by atoms with Gasteiger partial charge in [-0.25, -0.2) is 0 Å². The van der Waals surface area contributed by atoms with E-state index in [0.29, 0.717) is 31.6 Å². The molecule has 0 bridgehead atoms. The molecule has 0 saturated carbocycles. The van der Waals surface area contributed by atoms with E-state index in [2.05, 4.69) is 10.3 Å². The molecule has 130 valence electrons. The molecule has 0 fully saturated rings. The van der Waals surface area contributed by atoms with E-state index in [1.54, 1.807) is 36.5 Å². The SMILES string of the molecule is CN(C(=O)CCCOc1ccc2c(c1)NC(=O)CC2)c1ccncc1. The quantitative estimate of drug-likeness (QED) is 0.822. The number of pyridine rings is 1. The number of nitrogens with one attached hydrogen (secondary N) is 1. The van der Waals surface area contributed by atoms with Gasteiger partial charge in [-0.1, -0.05) is 6.07 Å². The molecule has 0 aliphatic carbocycles. The van der Waals surface area contributed by atoms with Crippen LogP contribution in [-0.4, -0.2) is 30.5 Å². The highest BCUT2D eigenvalue weighted by atomic mass is 16.5. The molecule has 3 rings (SSSR count). The molecule has 1 aliphatic heterocycles. The molecule has 0 spiro atoms. The summed E-state index contributed by atoms with van der Waals surface area (Å²) < 4.78 is 5.71. The third-order valence-corrected chi connectivity index (χ3v) is 4.20. The number of hydrogen-bond acceptors (Lipinski definition) is 4. The Labute approximate surface area is 146 Å². The second-order valence-electron chi connectivity index (χ2n) is 5.98. The van der Waals surface area contributed by atoms with Crippen molar-refractivity contribution in [3.8, 4) is 5.75 Å². The minimum Gasteiger partial charge on any atom is -0.494 e. The zero-order valence-corrected chi connectivity index (χ0v) is 14.2. The minimum atomic E-state index is 0.0347. The number of hydrogen-bond donors (Lipinski definition) is 1. The Morgan fingerprint density at radius 2 is 2.04 bits per heavy atom. The number of fused-ring (bicyclic) bond motifs is 1. The first-order valence-corrected chi connectivity index (χ1v) is 8.35. The van der Waals surface area contributed by atoms with Gasteiger partial charge in [0.1, 0.15) is 5.75 Å². The van der Waals surface area contributed by atoms with Gasteiger partial charge in [-0.05, 0) is 36.6 Å². The van der Waals surface area contributed by atoms with Crippen LogP contribution in [0.4, 0.5) is 11.4 Å². The van der Waals surface area contributed by atoms with Crippen LogP contribution in [0.15, 0.2) is 42.7 Å². The van der Waals surface area contributed by atoms with Crippen LogP contribution >= 0.6 is 0 Å². The Morgan fingerprint density at radius 1 is 1.24 bits per heavy atom. The third-order valence-electron chi connectivity index (χ3n) is 4.20. The van der Waals surface area contributed by atoms with Gasteiger partial charge >= 0.3 is 0 Å². The van der Waals surface area contributed by atoms with Crippen molar-refractivity contribution in [3.05, 3.63) is 48.3 Å². The lowest BCUT2D eigenvalue weighted by Gasteiger charge is -2.18. The van der Waals surface area contributed by atoms with Crippen LogP contribution in [0.1, 0.15) is 24.8 Å². The number of ether oxygens (including phenoxy) is 1. The van der Waals surface area contributed by atoms with Crippen molar-refractivity contribution in [2.45, 2.75) is 25.7 Å². The average Bonchev–Trinajstić information content (AvgIpc) is 2.64. The summed E-state index contributed by atoms with van der Waals surface area (Å²) in [4.78, 5) is 29.2. The highest BCUT2D eigenvalue weighted by Gasteiger charge is 2.15. The van der Waals surface area contributed by atoms with Crippen molar-refractivity contribution < 1.29 is 14.3 Å². The van der Waals surface area contributed by atoms with E-state index in [4.69, 9.17) is 4.74 Å². The highest BCUT2D eigenvalue weighted by Crippen LogP contribution is 2.27. The smallest absolute Gasteiger partial charge is 0.226 e.